The lowest BCUT2D eigenvalue weighted by atomic mass is 10.0. The van der Waals surface area contributed by atoms with E-state index in [4.69, 9.17) is 5.73 Å². The molecule has 0 aliphatic heterocycles. The SMILES string of the molecule is CC(C)CCNC(=O)C(C)(N)C(F)(F)F. The normalized spacial score (nSPS) is 16.3. The number of nitrogens with one attached hydrogen (secondary N) is 1. The topological polar surface area (TPSA) is 55.1 Å². The van der Waals surface area contributed by atoms with Crippen molar-refractivity contribution in [2.45, 2.75) is 38.9 Å². The van der Waals surface area contributed by atoms with Crippen LogP contribution in [0.5, 0.6) is 0 Å². The lowest BCUT2D eigenvalue weighted by Gasteiger charge is -2.26. The number of nitrogens with two attached hydrogens (primary N) is 1. The molecule has 0 radical (unpaired) electrons. The Hall–Kier alpha value is -0.780. The van der Waals surface area contributed by atoms with Crippen LogP contribution in [0, 0.1) is 5.92 Å². The van der Waals surface area contributed by atoms with Crippen LogP contribution in [0.4, 0.5) is 13.2 Å². The number of alkyl halides is 3. The van der Waals surface area contributed by atoms with E-state index in [1.54, 1.807) is 0 Å². The van der Waals surface area contributed by atoms with Crippen LogP contribution in [-0.2, 0) is 4.79 Å². The molecule has 0 bridgehead atoms. The molecule has 0 aliphatic carbocycles. The van der Waals surface area contributed by atoms with Crippen LogP contribution in [-0.4, -0.2) is 24.2 Å². The zero-order valence-electron chi connectivity index (χ0n) is 9.11. The van der Waals surface area contributed by atoms with Gasteiger partial charge in [-0.05, 0) is 19.3 Å². The van der Waals surface area contributed by atoms with E-state index in [2.05, 4.69) is 5.32 Å². The van der Waals surface area contributed by atoms with Crippen molar-refractivity contribution in [3.05, 3.63) is 0 Å². The Labute approximate surface area is 87.2 Å². The minimum atomic E-state index is -4.73. The van der Waals surface area contributed by atoms with E-state index in [-0.39, 0.29) is 6.54 Å². The van der Waals surface area contributed by atoms with Crippen LogP contribution >= 0.6 is 0 Å². The molecule has 3 nitrogen and oxygen atoms in total. The van der Waals surface area contributed by atoms with Gasteiger partial charge in [0.05, 0.1) is 0 Å². The maximum atomic E-state index is 12.3. The van der Waals surface area contributed by atoms with Crippen molar-refractivity contribution in [2.24, 2.45) is 11.7 Å². The third-order valence-electron chi connectivity index (χ3n) is 2.07. The second-order valence-electron chi connectivity index (χ2n) is 4.14. The molecule has 1 atom stereocenters. The van der Waals surface area contributed by atoms with E-state index >= 15 is 0 Å². The molecule has 0 aliphatic rings. The molecule has 3 N–H and O–H groups in total. The lowest BCUT2D eigenvalue weighted by Crippen LogP contribution is -2.61. The highest BCUT2D eigenvalue weighted by atomic mass is 19.4. The van der Waals surface area contributed by atoms with Crippen molar-refractivity contribution in [3.8, 4) is 0 Å². The quantitative estimate of drug-likeness (QED) is 0.761. The zero-order chi connectivity index (χ0) is 12.3. The fourth-order valence-corrected chi connectivity index (χ4v) is 0.787. The van der Waals surface area contributed by atoms with E-state index < -0.39 is 17.6 Å². The van der Waals surface area contributed by atoms with Gasteiger partial charge in [0.2, 0.25) is 5.91 Å². The molecule has 0 saturated carbocycles. The molecule has 0 spiro atoms. The minimum Gasteiger partial charge on any atom is -0.354 e. The molecule has 90 valence electrons. The largest absolute Gasteiger partial charge is 0.415 e. The van der Waals surface area contributed by atoms with Crippen LogP contribution in [0.1, 0.15) is 27.2 Å². The summed E-state index contributed by atoms with van der Waals surface area (Å²) < 4.78 is 36.9. The van der Waals surface area contributed by atoms with Crippen LogP contribution in [0.15, 0.2) is 0 Å². The molecular weight excluding hydrogens is 209 g/mol. The van der Waals surface area contributed by atoms with Gasteiger partial charge in [-0.25, -0.2) is 0 Å². The number of hydrogen-bond donors (Lipinski definition) is 2. The Morgan fingerprint density at radius 2 is 1.87 bits per heavy atom. The van der Waals surface area contributed by atoms with Crippen molar-refractivity contribution < 1.29 is 18.0 Å². The summed E-state index contributed by atoms with van der Waals surface area (Å²) in [5, 5.41) is 2.18. The van der Waals surface area contributed by atoms with Crippen LogP contribution in [0.2, 0.25) is 0 Å². The van der Waals surface area contributed by atoms with Gasteiger partial charge in [-0.3, -0.25) is 4.79 Å². The Kier molecular flexibility index (Phi) is 4.58. The smallest absolute Gasteiger partial charge is 0.354 e. The number of hydrogen-bond acceptors (Lipinski definition) is 2. The Balaban J connectivity index is 4.21. The summed E-state index contributed by atoms with van der Waals surface area (Å²) in [4.78, 5) is 11.1. The number of halogens is 3. The van der Waals surface area contributed by atoms with E-state index in [0.29, 0.717) is 19.3 Å². The van der Waals surface area contributed by atoms with Crippen molar-refractivity contribution in [2.75, 3.05) is 6.54 Å². The van der Waals surface area contributed by atoms with E-state index in [1.165, 1.54) is 0 Å². The first-order chi connectivity index (χ1) is 6.59. The fourth-order valence-electron chi connectivity index (χ4n) is 0.787. The van der Waals surface area contributed by atoms with Gasteiger partial charge >= 0.3 is 6.18 Å². The third kappa shape index (κ3) is 4.07. The predicted molar refractivity (Wildman–Crippen MR) is 51.1 cm³/mol. The van der Waals surface area contributed by atoms with Gasteiger partial charge in [-0.15, -0.1) is 0 Å². The van der Waals surface area contributed by atoms with Crippen LogP contribution < -0.4 is 11.1 Å². The first kappa shape index (κ1) is 14.2. The molecule has 0 heterocycles. The average molecular weight is 226 g/mol. The Bertz CT molecular complexity index is 224. The number of rotatable bonds is 4. The van der Waals surface area contributed by atoms with Gasteiger partial charge in [-0.2, -0.15) is 13.2 Å². The molecule has 6 heteroatoms. The van der Waals surface area contributed by atoms with Crippen molar-refractivity contribution in [3.63, 3.8) is 0 Å². The first-order valence-electron chi connectivity index (χ1n) is 4.73. The molecule has 1 unspecified atom stereocenters. The second-order valence-corrected chi connectivity index (χ2v) is 4.14. The fraction of sp³-hybridized carbons (Fsp3) is 0.889. The van der Waals surface area contributed by atoms with Crippen LogP contribution in [0.25, 0.3) is 0 Å². The summed E-state index contributed by atoms with van der Waals surface area (Å²) in [6.07, 6.45) is -4.10. The molecule has 0 aromatic carbocycles. The van der Waals surface area contributed by atoms with Crippen LogP contribution in [0.3, 0.4) is 0 Å². The van der Waals surface area contributed by atoms with Gasteiger partial charge < -0.3 is 11.1 Å². The van der Waals surface area contributed by atoms with Gasteiger partial charge in [0.1, 0.15) is 0 Å². The molecule has 0 aromatic rings. The van der Waals surface area contributed by atoms with Crippen molar-refractivity contribution >= 4 is 5.91 Å². The zero-order valence-corrected chi connectivity index (χ0v) is 9.11. The molecule has 0 aromatic heterocycles. The summed E-state index contributed by atoms with van der Waals surface area (Å²) in [5.41, 5.74) is 2.10. The lowest BCUT2D eigenvalue weighted by molar-refractivity contribution is -0.187. The molecule has 0 fully saturated rings. The maximum absolute atomic E-state index is 12.3. The van der Waals surface area contributed by atoms with Gasteiger partial charge in [0.25, 0.3) is 0 Å². The van der Waals surface area contributed by atoms with Gasteiger partial charge in [0, 0.05) is 6.54 Å². The maximum Gasteiger partial charge on any atom is 0.415 e. The van der Waals surface area contributed by atoms with E-state index in [9.17, 15) is 18.0 Å². The highest BCUT2D eigenvalue weighted by Crippen LogP contribution is 2.27. The van der Waals surface area contributed by atoms with E-state index in [1.807, 2.05) is 13.8 Å². The summed E-state index contributed by atoms with van der Waals surface area (Å²) in [7, 11) is 0. The monoisotopic (exact) mass is 226 g/mol. The summed E-state index contributed by atoms with van der Waals surface area (Å²) >= 11 is 0. The first-order valence-corrected chi connectivity index (χ1v) is 4.73. The summed E-state index contributed by atoms with van der Waals surface area (Å²) in [6, 6.07) is 0. The molecule has 0 saturated heterocycles. The number of carbonyl (C=O) groups is 1. The average Bonchev–Trinajstić information content (AvgIpc) is 2.01. The van der Waals surface area contributed by atoms with Gasteiger partial charge in [-0.1, -0.05) is 13.8 Å². The highest BCUT2D eigenvalue weighted by Gasteiger charge is 2.53. The van der Waals surface area contributed by atoms with Gasteiger partial charge in [0.15, 0.2) is 5.54 Å². The van der Waals surface area contributed by atoms with Crippen molar-refractivity contribution in [1.29, 1.82) is 0 Å². The highest BCUT2D eigenvalue weighted by molar-refractivity contribution is 5.86. The van der Waals surface area contributed by atoms with E-state index in [0.717, 1.165) is 0 Å². The summed E-state index contributed by atoms with van der Waals surface area (Å²) in [5.74, 6) is -0.865. The third-order valence-corrected chi connectivity index (χ3v) is 2.07. The molecule has 1 amide bonds. The molecule has 15 heavy (non-hydrogen) atoms. The molecule has 0 rings (SSSR count). The molecular formula is C9H17F3N2O. The van der Waals surface area contributed by atoms with Crippen molar-refractivity contribution in [1.82, 2.24) is 5.32 Å². The second kappa shape index (κ2) is 4.83. The number of carbonyl (C=O) groups excluding carboxylic acids is 1. The standard InChI is InChI=1S/C9H17F3N2O/c1-6(2)4-5-14-7(15)8(3,13)9(10,11)12/h6H,4-5,13H2,1-3H3,(H,14,15). The Morgan fingerprint density at radius 3 is 2.20 bits per heavy atom. The number of amides is 1. The predicted octanol–water partition coefficient (Wildman–Crippen LogP) is 1.43. The summed E-state index contributed by atoms with van der Waals surface area (Å²) in [6.45, 7) is 4.70. The Morgan fingerprint density at radius 1 is 1.40 bits per heavy atom. The minimum absolute atomic E-state index is 0.208.